The summed E-state index contributed by atoms with van der Waals surface area (Å²) in [4.78, 5) is 9.04. The van der Waals surface area contributed by atoms with Crippen molar-refractivity contribution in [3.05, 3.63) is 59.9 Å². The van der Waals surface area contributed by atoms with Gasteiger partial charge in [0.05, 0.1) is 11.9 Å². The monoisotopic (exact) mass is 292 g/mol. The lowest BCUT2D eigenvalue weighted by molar-refractivity contribution is 0.285. The van der Waals surface area contributed by atoms with Crippen LogP contribution in [0.15, 0.2) is 48.7 Å². The molecule has 0 unspecified atom stereocenters. The van der Waals surface area contributed by atoms with Crippen molar-refractivity contribution >= 4 is 5.69 Å². The molecule has 0 N–H and O–H groups in total. The molecule has 4 heteroatoms. The van der Waals surface area contributed by atoms with E-state index >= 15 is 0 Å². The van der Waals surface area contributed by atoms with Gasteiger partial charge in [0.1, 0.15) is 11.8 Å². The minimum absolute atomic E-state index is 0.476. The van der Waals surface area contributed by atoms with Crippen LogP contribution in [-0.4, -0.2) is 36.1 Å². The summed E-state index contributed by atoms with van der Waals surface area (Å²) >= 11 is 0. The smallest absolute Gasteiger partial charge is 0.140 e. The molecule has 2 heterocycles. The second kappa shape index (κ2) is 7.06. The molecule has 1 fully saturated rings. The molecule has 0 bridgehead atoms. The number of aromatic nitrogens is 1. The molecular formula is C18H20N4. The highest BCUT2D eigenvalue weighted by molar-refractivity contribution is 5.46. The van der Waals surface area contributed by atoms with Crippen LogP contribution in [0, 0.1) is 11.3 Å². The van der Waals surface area contributed by atoms with E-state index in [4.69, 9.17) is 5.26 Å². The molecule has 0 radical (unpaired) electrons. The number of hydrogen-bond donors (Lipinski definition) is 0. The van der Waals surface area contributed by atoms with E-state index in [1.807, 2.05) is 12.3 Å². The number of nitriles is 1. The summed E-state index contributed by atoms with van der Waals surface area (Å²) in [6.07, 6.45) is 2.96. The van der Waals surface area contributed by atoms with Crippen molar-refractivity contribution in [3.63, 3.8) is 0 Å². The van der Waals surface area contributed by atoms with Gasteiger partial charge in [-0.05, 0) is 24.1 Å². The molecule has 0 saturated carbocycles. The fraction of sp³-hybridized carbons (Fsp3) is 0.333. The fourth-order valence-electron chi connectivity index (χ4n) is 2.87. The number of nitrogens with zero attached hydrogens (tertiary/aromatic N) is 4. The summed E-state index contributed by atoms with van der Waals surface area (Å²) in [7, 11) is 0. The lowest BCUT2D eigenvalue weighted by atomic mass is 10.2. The van der Waals surface area contributed by atoms with Gasteiger partial charge >= 0.3 is 0 Å². The van der Waals surface area contributed by atoms with E-state index in [2.05, 4.69) is 51.2 Å². The van der Waals surface area contributed by atoms with Crippen LogP contribution in [-0.2, 0) is 6.54 Å². The maximum atomic E-state index is 8.83. The van der Waals surface area contributed by atoms with Gasteiger partial charge in [0, 0.05) is 32.7 Å². The first-order valence-electron chi connectivity index (χ1n) is 7.72. The summed E-state index contributed by atoms with van der Waals surface area (Å²) in [6.45, 7) is 5.23. The van der Waals surface area contributed by atoms with Crippen molar-refractivity contribution in [2.24, 2.45) is 0 Å². The van der Waals surface area contributed by atoms with Crippen molar-refractivity contribution in [1.29, 1.82) is 5.26 Å². The molecular weight excluding hydrogens is 272 g/mol. The maximum Gasteiger partial charge on any atom is 0.140 e. The first-order valence-corrected chi connectivity index (χ1v) is 7.72. The summed E-state index contributed by atoms with van der Waals surface area (Å²) in [6, 6.07) is 16.5. The molecule has 1 aromatic carbocycles. The van der Waals surface area contributed by atoms with Gasteiger partial charge in [-0.25, -0.2) is 4.98 Å². The molecule has 0 atom stereocenters. The Labute approximate surface area is 131 Å². The van der Waals surface area contributed by atoms with Gasteiger partial charge in [-0.15, -0.1) is 0 Å². The zero-order valence-electron chi connectivity index (χ0n) is 12.7. The van der Waals surface area contributed by atoms with Crippen molar-refractivity contribution in [2.75, 3.05) is 31.1 Å². The fourth-order valence-corrected chi connectivity index (χ4v) is 2.87. The molecule has 0 aliphatic carbocycles. The largest absolute Gasteiger partial charge is 0.369 e. The Morgan fingerprint density at radius 2 is 1.86 bits per heavy atom. The Balaban J connectivity index is 1.61. The highest BCUT2D eigenvalue weighted by Gasteiger charge is 2.15. The Bertz CT molecular complexity index is 630. The Hall–Kier alpha value is -2.38. The first-order chi connectivity index (χ1) is 10.8. The van der Waals surface area contributed by atoms with Gasteiger partial charge < -0.3 is 4.90 Å². The number of hydrogen-bond acceptors (Lipinski definition) is 4. The third-order valence-electron chi connectivity index (χ3n) is 4.07. The third kappa shape index (κ3) is 3.63. The van der Waals surface area contributed by atoms with Crippen LogP contribution in [0.2, 0.25) is 0 Å². The van der Waals surface area contributed by atoms with E-state index in [0.717, 1.165) is 44.8 Å². The summed E-state index contributed by atoms with van der Waals surface area (Å²) in [5.74, 6) is 0. The van der Waals surface area contributed by atoms with E-state index in [0.29, 0.717) is 5.69 Å². The normalized spacial score (nSPS) is 16.0. The Morgan fingerprint density at radius 3 is 2.59 bits per heavy atom. The number of anilines is 1. The van der Waals surface area contributed by atoms with Crippen LogP contribution >= 0.6 is 0 Å². The molecule has 0 spiro atoms. The summed E-state index contributed by atoms with van der Waals surface area (Å²) in [5, 5.41) is 8.83. The second-order valence-corrected chi connectivity index (χ2v) is 5.62. The Kier molecular flexibility index (Phi) is 4.67. The molecule has 1 aromatic heterocycles. The molecule has 1 saturated heterocycles. The topological polar surface area (TPSA) is 43.2 Å². The number of rotatable bonds is 3. The molecule has 2 aromatic rings. The molecule has 22 heavy (non-hydrogen) atoms. The maximum absolute atomic E-state index is 8.83. The molecule has 3 rings (SSSR count). The van der Waals surface area contributed by atoms with E-state index in [1.165, 1.54) is 5.56 Å². The van der Waals surface area contributed by atoms with Gasteiger partial charge in [0.15, 0.2) is 0 Å². The standard InChI is InChI=1S/C18H20N4/c19-13-17-7-8-18(14-20-17)22-10-4-9-21(11-12-22)15-16-5-2-1-3-6-16/h1-3,5-8,14H,4,9-12,15H2. The minimum atomic E-state index is 0.476. The van der Waals surface area contributed by atoms with Crippen LogP contribution in [0.1, 0.15) is 17.7 Å². The zero-order chi connectivity index (χ0) is 15.2. The predicted molar refractivity (Wildman–Crippen MR) is 87.5 cm³/mol. The summed E-state index contributed by atoms with van der Waals surface area (Å²) in [5.41, 5.74) is 2.96. The van der Waals surface area contributed by atoms with Gasteiger partial charge in [0.25, 0.3) is 0 Å². The van der Waals surface area contributed by atoms with Crippen molar-refractivity contribution in [2.45, 2.75) is 13.0 Å². The van der Waals surface area contributed by atoms with Crippen molar-refractivity contribution < 1.29 is 0 Å². The third-order valence-corrected chi connectivity index (χ3v) is 4.07. The van der Waals surface area contributed by atoms with E-state index in [9.17, 15) is 0 Å². The first kappa shape index (κ1) is 14.6. The zero-order valence-corrected chi connectivity index (χ0v) is 12.7. The summed E-state index contributed by atoms with van der Waals surface area (Å²) < 4.78 is 0. The SMILES string of the molecule is N#Cc1ccc(N2CCCN(Cc3ccccc3)CC2)cn1. The van der Waals surface area contributed by atoms with E-state index in [-0.39, 0.29) is 0 Å². The molecule has 1 aliphatic rings. The molecule has 1 aliphatic heterocycles. The van der Waals surface area contributed by atoms with Gasteiger partial charge in [-0.1, -0.05) is 30.3 Å². The van der Waals surface area contributed by atoms with Crippen LogP contribution in [0.25, 0.3) is 0 Å². The molecule has 0 amide bonds. The van der Waals surface area contributed by atoms with Gasteiger partial charge in [-0.2, -0.15) is 5.26 Å². The highest BCUT2D eigenvalue weighted by Crippen LogP contribution is 2.16. The molecule has 112 valence electrons. The second-order valence-electron chi connectivity index (χ2n) is 5.62. The Morgan fingerprint density at radius 1 is 1.00 bits per heavy atom. The lowest BCUT2D eigenvalue weighted by Crippen LogP contribution is -2.30. The lowest BCUT2D eigenvalue weighted by Gasteiger charge is -2.23. The average molecular weight is 292 g/mol. The van der Waals surface area contributed by atoms with Gasteiger partial charge in [0.2, 0.25) is 0 Å². The van der Waals surface area contributed by atoms with E-state index < -0.39 is 0 Å². The molecule has 4 nitrogen and oxygen atoms in total. The number of benzene rings is 1. The minimum Gasteiger partial charge on any atom is -0.369 e. The van der Waals surface area contributed by atoms with Crippen LogP contribution in [0.5, 0.6) is 0 Å². The van der Waals surface area contributed by atoms with Crippen molar-refractivity contribution in [3.8, 4) is 6.07 Å². The average Bonchev–Trinajstić information content (AvgIpc) is 2.82. The van der Waals surface area contributed by atoms with Crippen LogP contribution < -0.4 is 4.90 Å². The quantitative estimate of drug-likeness (QED) is 0.872. The van der Waals surface area contributed by atoms with Crippen molar-refractivity contribution in [1.82, 2.24) is 9.88 Å². The highest BCUT2D eigenvalue weighted by atomic mass is 15.2. The van der Waals surface area contributed by atoms with Gasteiger partial charge in [-0.3, -0.25) is 4.90 Å². The van der Waals surface area contributed by atoms with E-state index in [1.54, 1.807) is 6.07 Å². The van der Waals surface area contributed by atoms with Crippen LogP contribution in [0.3, 0.4) is 0 Å². The number of pyridine rings is 1. The van der Waals surface area contributed by atoms with Crippen LogP contribution in [0.4, 0.5) is 5.69 Å². The predicted octanol–water partition coefficient (Wildman–Crippen LogP) is 2.67.